The minimum absolute atomic E-state index is 0.0605. The fraction of sp³-hybridized carbons (Fsp3) is 0.500. The van der Waals surface area contributed by atoms with E-state index in [0.29, 0.717) is 31.6 Å². The van der Waals surface area contributed by atoms with Crippen LogP contribution in [0.2, 0.25) is 0 Å². The van der Waals surface area contributed by atoms with Gasteiger partial charge in [-0.1, -0.05) is 6.07 Å². The second kappa shape index (κ2) is 7.63. The van der Waals surface area contributed by atoms with Crippen molar-refractivity contribution in [3.63, 3.8) is 0 Å². The monoisotopic (exact) mass is 267 g/mol. The van der Waals surface area contributed by atoms with Crippen LogP contribution in [-0.4, -0.2) is 29.3 Å². The number of phenols is 2. The molecule has 1 aromatic rings. The Morgan fingerprint density at radius 3 is 2.58 bits per heavy atom. The van der Waals surface area contributed by atoms with Gasteiger partial charge in [0.1, 0.15) is 11.5 Å². The van der Waals surface area contributed by atoms with Crippen molar-refractivity contribution in [2.45, 2.75) is 32.7 Å². The fourth-order valence-corrected chi connectivity index (χ4v) is 1.87. The van der Waals surface area contributed by atoms with E-state index in [1.165, 1.54) is 12.1 Å². The van der Waals surface area contributed by atoms with E-state index in [4.69, 9.17) is 4.74 Å². The largest absolute Gasteiger partial charge is 0.507 e. The summed E-state index contributed by atoms with van der Waals surface area (Å²) in [5.74, 6) is -0.0851. The number of phenolic OH excluding ortho intramolecular Hbond substituents is 2. The predicted octanol–water partition coefficient (Wildman–Crippen LogP) is 2.09. The molecule has 106 valence electrons. The van der Waals surface area contributed by atoms with E-state index < -0.39 is 0 Å². The highest BCUT2D eigenvalue weighted by Gasteiger charge is 2.14. The van der Waals surface area contributed by atoms with Gasteiger partial charge in [0.25, 0.3) is 0 Å². The number of nitrogens with one attached hydrogen (secondary N) is 1. The zero-order valence-electron chi connectivity index (χ0n) is 11.3. The van der Waals surface area contributed by atoms with Crippen LogP contribution in [0.3, 0.4) is 0 Å². The van der Waals surface area contributed by atoms with E-state index in [-0.39, 0.29) is 23.5 Å². The van der Waals surface area contributed by atoms with Crippen molar-refractivity contribution in [2.75, 3.05) is 13.2 Å². The van der Waals surface area contributed by atoms with Gasteiger partial charge in [-0.15, -0.1) is 0 Å². The van der Waals surface area contributed by atoms with Gasteiger partial charge in [-0.2, -0.15) is 0 Å². The van der Waals surface area contributed by atoms with Gasteiger partial charge in [-0.3, -0.25) is 4.79 Å². The van der Waals surface area contributed by atoms with Gasteiger partial charge in [0.2, 0.25) is 0 Å². The third kappa shape index (κ3) is 4.79. The molecule has 1 unspecified atom stereocenters. The first kappa shape index (κ1) is 15.3. The van der Waals surface area contributed by atoms with Gasteiger partial charge in [0.05, 0.1) is 12.2 Å². The summed E-state index contributed by atoms with van der Waals surface area (Å²) in [6, 6.07) is 4.46. The first-order valence-corrected chi connectivity index (χ1v) is 6.46. The predicted molar refractivity (Wildman–Crippen MR) is 72.1 cm³/mol. The van der Waals surface area contributed by atoms with Crippen molar-refractivity contribution in [1.29, 1.82) is 0 Å². The third-order valence-electron chi connectivity index (χ3n) is 2.81. The number of hydrogen-bond acceptors (Lipinski definition) is 5. The van der Waals surface area contributed by atoms with Crippen LogP contribution in [0.1, 0.15) is 38.3 Å². The van der Waals surface area contributed by atoms with Gasteiger partial charge >= 0.3 is 5.97 Å². The lowest BCUT2D eigenvalue weighted by Crippen LogP contribution is -2.21. The Morgan fingerprint density at radius 1 is 1.37 bits per heavy atom. The van der Waals surface area contributed by atoms with Gasteiger partial charge in [0, 0.05) is 12.5 Å². The summed E-state index contributed by atoms with van der Waals surface area (Å²) in [7, 11) is 0. The number of ether oxygens (including phenoxy) is 1. The summed E-state index contributed by atoms with van der Waals surface area (Å²) in [4.78, 5) is 11.1. The molecule has 0 saturated carbocycles. The molecule has 0 aliphatic rings. The number of hydrogen-bond donors (Lipinski definition) is 3. The molecule has 5 heteroatoms. The van der Waals surface area contributed by atoms with Crippen LogP contribution in [0.5, 0.6) is 11.5 Å². The molecule has 0 aliphatic heterocycles. The highest BCUT2D eigenvalue weighted by molar-refractivity contribution is 5.69. The molecule has 0 heterocycles. The van der Waals surface area contributed by atoms with Crippen LogP contribution >= 0.6 is 0 Å². The molecule has 19 heavy (non-hydrogen) atoms. The van der Waals surface area contributed by atoms with Gasteiger partial charge in [0.15, 0.2) is 0 Å². The lowest BCUT2D eigenvalue weighted by atomic mass is 10.1. The topological polar surface area (TPSA) is 78.8 Å². The van der Waals surface area contributed by atoms with Crippen molar-refractivity contribution in [1.82, 2.24) is 5.32 Å². The van der Waals surface area contributed by atoms with Crippen LogP contribution in [0.4, 0.5) is 0 Å². The molecular weight excluding hydrogens is 246 g/mol. The first-order chi connectivity index (χ1) is 9.06. The highest BCUT2D eigenvalue weighted by Crippen LogP contribution is 2.31. The van der Waals surface area contributed by atoms with Crippen molar-refractivity contribution in [3.8, 4) is 11.5 Å². The summed E-state index contributed by atoms with van der Waals surface area (Å²) in [6.07, 6.45) is 1.01. The minimum atomic E-state index is -0.206. The zero-order valence-corrected chi connectivity index (χ0v) is 11.3. The maximum atomic E-state index is 11.1. The Labute approximate surface area is 113 Å². The number of esters is 1. The summed E-state index contributed by atoms with van der Waals surface area (Å²) >= 11 is 0. The quantitative estimate of drug-likeness (QED) is 0.521. The Bertz CT molecular complexity index is 400. The molecule has 0 aromatic heterocycles. The van der Waals surface area contributed by atoms with Crippen molar-refractivity contribution >= 4 is 5.97 Å². The van der Waals surface area contributed by atoms with E-state index in [0.717, 1.165) is 0 Å². The maximum Gasteiger partial charge on any atom is 0.305 e. The van der Waals surface area contributed by atoms with Crippen LogP contribution in [-0.2, 0) is 9.53 Å². The number of benzene rings is 1. The van der Waals surface area contributed by atoms with Gasteiger partial charge in [-0.25, -0.2) is 0 Å². The van der Waals surface area contributed by atoms with Crippen molar-refractivity contribution in [3.05, 3.63) is 23.8 Å². The van der Waals surface area contributed by atoms with Crippen LogP contribution < -0.4 is 5.32 Å². The first-order valence-electron chi connectivity index (χ1n) is 6.46. The molecule has 1 aromatic carbocycles. The molecule has 0 fully saturated rings. The molecule has 0 amide bonds. The molecule has 5 nitrogen and oxygen atoms in total. The fourth-order valence-electron chi connectivity index (χ4n) is 1.87. The molecule has 0 bridgehead atoms. The number of carbonyl (C=O) groups is 1. The van der Waals surface area contributed by atoms with Gasteiger partial charge < -0.3 is 20.3 Å². The standard InChI is InChI=1S/C14H21NO4/c1-3-19-13(18)8-5-9-15-10(2)14-11(16)6-4-7-12(14)17/h4,6-7,10,15-17H,3,5,8-9H2,1-2H3. The number of aromatic hydroxyl groups is 2. The Hall–Kier alpha value is -1.75. The van der Waals surface area contributed by atoms with E-state index in [1.54, 1.807) is 13.0 Å². The van der Waals surface area contributed by atoms with E-state index in [1.807, 2.05) is 6.92 Å². The van der Waals surface area contributed by atoms with Gasteiger partial charge in [-0.05, 0) is 38.9 Å². The second-order valence-electron chi connectivity index (χ2n) is 4.29. The smallest absolute Gasteiger partial charge is 0.305 e. The Kier molecular flexibility index (Phi) is 6.15. The summed E-state index contributed by atoms with van der Waals surface area (Å²) in [5.41, 5.74) is 0.471. The van der Waals surface area contributed by atoms with E-state index in [2.05, 4.69) is 5.32 Å². The van der Waals surface area contributed by atoms with Crippen molar-refractivity contribution in [2.24, 2.45) is 0 Å². The summed E-state index contributed by atoms with van der Waals surface area (Å²) in [6.45, 7) is 4.63. The molecule has 1 rings (SSSR count). The van der Waals surface area contributed by atoms with E-state index >= 15 is 0 Å². The van der Waals surface area contributed by atoms with E-state index in [9.17, 15) is 15.0 Å². The van der Waals surface area contributed by atoms with Crippen LogP contribution in [0.15, 0.2) is 18.2 Å². The normalized spacial score (nSPS) is 12.1. The molecule has 3 N–H and O–H groups in total. The number of rotatable bonds is 7. The lowest BCUT2D eigenvalue weighted by Gasteiger charge is -2.16. The average molecular weight is 267 g/mol. The molecule has 0 radical (unpaired) electrons. The van der Waals surface area contributed by atoms with Crippen LogP contribution in [0, 0.1) is 0 Å². The highest BCUT2D eigenvalue weighted by atomic mass is 16.5. The summed E-state index contributed by atoms with van der Waals surface area (Å²) in [5, 5.41) is 22.6. The average Bonchev–Trinajstić information content (AvgIpc) is 2.35. The third-order valence-corrected chi connectivity index (χ3v) is 2.81. The lowest BCUT2D eigenvalue weighted by molar-refractivity contribution is -0.143. The molecule has 0 spiro atoms. The maximum absolute atomic E-state index is 11.1. The molecule has 0 saturated heterocycles. The molecule has 1 atom stereocenters. The van der Waals surface area contributed by atoms with Crippen molar-refractivity contribution < 1.29 is 19.7 Å². The molecule has 0 aliphatic carbocycles. The Balaban J connectivity index is 2.39. The van der Waals surface area contributed by atoms with Crippen LogP contribution in [0.25, 0.3) is 0 Å². The molecular formula is C14H21NO4. The zero-order chi connectivity index (χ0) is 14.3. The Morgan fingerprint density at radius 2 is 2.00 bits per heavy atom. The minimum Gasteiger partial charge on any atom is -0.507 e. The summed E-state index contributed by atoms with van der Waals surface area (Å²) < 4.78 is 4.83. The second-order valence-corrected chi connectivity index (χ2v) is 4.29. The number of carbonyl (C=O) groups excluding carboxylic acids is 1. The SMILES string of the molecule is CCOC(=O)CCCNC(C)c1c(O)cccc1O.